The number of carbonyl (C=O) groups excluding carboxylic acids is 2. The van der Waals surface area contributed by atoms with Gasteiger partial charge in [-0.05, 0) is 12.5 Å². The summed E-state index contributed by atoms with van der Waals surface area (Å²) in [6.45, 7) is 2.19. The molecule has 0 atom stereocenters. The maximum absolute atomic E-state index is 11.1. The van der Waals surface area contributed by atoms with Crippen molar-refractivity contribution in [2.45, 2.75) is 13.5 Å². The van der Waals surface area contributed by atoms with E-state index < -0.39 is 11.9 Å². The average Bonchev–Trinajstić information content (AvgIpc) is 2.27. The lowest BCUT2D eigenvalue weighted by Crippen LogP contribution is -2.31. The SMILES string of the molecule is CCOC(=O)C(=O)NCc1ccccc1. The summed E-state index contributed by atoms with van der Waals surface area (Å²) >= 11 is 0. The fourth-order valence-corrected chi connectivity index (χ4v) is 1.05. The second-order valence-corrected chi connectivity index (χ2v) is 2.89. The zero-order chi connectivity index (χ0) is 11.1. The molecule has 1 N–H and O–H groups in total. The summed E-state index contributed by atoms with van der Waals surface area (Å²) in [5.41, 5.74) is 0.940. The van der Waals surface area contributed by atoms with E-state index in [-0.39, 0.29) is 6.61 Å². The summed E-state index contributed by atoms with van der Waals surface area (Å²) < 4.78 is 4.54. The van der Waals surface area contributed by atoms with Crippen LogP contribution in [0.15, 0.2) is 30.3 Å². The van der Waals surface area contributed by atoms with Crippen molar-refractivity contribution >= 4 is 11.9 Å². The summed E-state index contributed by atoms with van der Waals surface area (Å²) in [7, 11) is 0. The molecule has 0 radical (unpaired) electrons. The van der Waals surface area contributed by atoms with Gasteiger partial charge in [0.25, 0.3) is 0 Å². The number of nitrogens with one attached hydrogen (secondary N) is 1. The molecule has 4 nitrogen and oxygen atoms in total. The molecule has 1 aromatic carbocycles. The van der Waals surface area contributed by atoms with Gasteiger partial charge in [-0.25, -0.2) is 4.79 Å². The Balaban J connectivity index is 2.38. The Bertz CT molecular complexity index is 335. The van der Waals surface area contributed by atoms with Gasteiger partial charge in [0, 0.05) is 6.54 Å². The molecule has 0 aromatic heterocycles. The van der Waals surface area contributed by atoms with Gasteiger partial charge in [0.15, 0.2) is 0 Å². The fraction of sp³-hybridized carbons (Fsp3) is 0.273. The van der Waals surface area contributed by atoms with Crippen LogP contribution >= 0.6 is 0 Å². The quantitative estimate of drug-likeness (QED) is 0.591. The third-order valence-electron chi connectivity index (χ3n) is 1.76. The molecular formula is C11H13NO3. The van der Waals surface area contributed by atoms with Crippen LogP contribution in [0.1, 0.15) is 12.5 Å². The average molecular weight is 207 g/mol. The van der Waals surface area contributed by atoms with Crippen LogP contribution in [0.3, 0.4) is 0 Å². The zero-order valence-corrected chi connectivity index (χ0v) is 8.53. The molecule has 0 spiro atoms. The van der Waals surface area contributed by atoms with Gasteiger partial charge in [-0.2, -0.15) is 0 Å². The van der Waals surface area contributed by atoms with Gasteiger partial charge in [0.2, 0.25) is 0 Å². The zero-order valence-electron chi connectivity index (χ0n) is 8.53. The van der Waals surface area contributed by atoms with Gasteiger partial charge in [0.1, 0.15) is 0 Å². The van der Waals surface area contributed by atoms with Crippen molar-refractivity contribution in [2.24, 2.45) is 0 Å². The number of ether oxygens (including phenoxy) is 1. The molecule has 0 saturated carbocycles. The Morgan fingerprint density at radius 1 is 1.27 bits per heavy atom. The number of carbonyl (C=O) groups is 2. The molecule has 0 aliphatic heterocycles. The van der Waals surface area contributed by atoms with E-state index in [4.69, 9.17) is 0 Å². The fourth-order valence-electron chi connectivity index (χ4n) is 1.05. The lowest BCUT2D eigenvalue weighted by atomic mass is 10.2. The molecule has 0 bridgehead atoms. The minimum Gasteiger partial charge on any atom is -0.459 e. The number of hydrogen-bond acceptors (Lipinski definition) is 3. The molecule has 0 fully saturated rings. The molecule has 0 aliphatic rings. The third-order valence-corrected chi connectivity index (χ3v) is 1.76. The first-order valence-electron chi connectivity index (χ1n) is 4.73. The monoisotopic (exact) mass is 207 g/mol. The van der Waals surface area contributed by atoms with E-state index in [0.717, 1.165) is 5.56 Å². The van der Waals surface area contributed by atoms with Crippen molar-refractivity contribution < 1.29 is 14.3 Å². The van der Waals surface area contributed by atoms with Crippen LogP contribution in [0.4, 0.5) is 0 Å². The molecule has 0 aliphatic carbocycles. The first kappa shape index (κ1) is 11.2. The maximum atomic E-state index is 11.1. The summed E-state index contributed by atoms with van der Waals surface area (Å²) in [6, 6.07) is 9.35. The van der Waals surface area contributed by atoms with E-state index >= 15 is 0 Å². The van der Waals surface area contributed by atoms with Gasteiger partial charge >= 0.3 is 11.9 Å². The van der Waals surface area contributed by atoms with Gasteiger partial charge < -0.3 is 10.1 Å². The van der Waals surface area contributed by atoms with E-state index in [0.29, 0.717) is 6.54 Å². The van der Waals surface area contributed by atoms with Crippen LogP contribution in [-0.2, 0) is 20.9 Å². The lowest BCUT2D eigenvalue weighted by molar-refractivity contribution is -0.154. The molecule has 15 heavy (non-hydrogen) atoms. The largest absolute Gasteiger partial charge is 0.459 e. The Labute approximate surface area is 88.2 Å². The predicted molar refractivity (Wildman–Crippen MR) is 54.9 cm³/mol. The first-order chi connectivity index (χ1) is 7.24. The van der Waals surface area contributed by atoms with Crippen molar-refractivity contribution in [1.82, 2.24) is 5.32 Å². The van der Waals surface area contributed by atoms with Gasteiger partial charge in [-0.15, -0.1) is 0 Å². The topological polar surface area (TPSA) is 55.4 Å². The van der Waals surface area contributed by atoms with Crippen LogP contribution in [-0.4, -0.2) is 18.5 Å². The standard InChI is InChI=1S/C11H13NO3/c1-2-15-11(14)10(13)12-8-9-6-4-3-5-7-9/h3-7H,2,8H2,1H3,(H,12,13). The van der Waals surface area contributed by atoms with E-state index in [2.05, 4.69) is 10.1 Å². The number of hydrogen-bond donors (Lipinski definition) is 1. The summed E-state index contributed by atoms with van der Waals surface area (Å²) in [4.78, 5) is 22.1. The minimum absolute atomic E-state index is 0.206. The summed E-state index contributed by atoms with van der Waals surface area (Å²) in [5, 5.41) is 2.47. The Hall–Kier alpha value is -1.84. The van der Waals surface area contributed by atoms with Crippen molar-refractivity contribution in [3.63, 3.8) is 0 Å². The molecule has 0 unspecified atom stereocenters. The van der Waals surface area contributed by atoms with Crippen LogP contribution in [0.2, 0.25) is 0 Å². The van der Waals surface area contributed by atoms with Crippen molar-refractivity contribution in [2.75, 3.05) is 6.61 Å². The number of esters is 1. The molecule has 4 heteroatoms. The van der Waals surface area contributed by atoms with Crippen LogP contribution in [0, 0.1) is 0 Å². The van der Waals surface area contributed by atoms with Crippen LogP contribution < -0.4 is 5.32 Å². The number of benzene rings is 1. The van der Waals surface area contributed by atoms with Gasteiger partial charge in [-0.1, -0.05) is 30.3 Å². The van der Waals surface area contributed by atoms with E-state index in [1.165, 1.54) is 0 Å². The third kappa shape index (κ3) is 3.81. The Morgan fingerprint density at radius 3 is 2.53 bits per heavy atom. The van der Waals surface area contributed by atoms with Gasteiger partial charge in [-0.3, -0.25) is 4.79 Å². The number of amides is 1. The van der Waals surface area contributed by atoms with E-state index in [1.54, 1.807) is 6.92 Å². The second-order valence-electron chi connectivity index (χ2n) is 2.89. The molecule has 0 heterocycles. The highest BCUT2D eigenvalue weighted by molar-refractivity contribution is 6.32. The van der Waals surface area contributed by atoms with Crippen molar-refractivity contribution in [1.29, 1.82) is 0 Å². The van der Waals surface area contributed by atoms with Gasteiger partial charge in [0.05, 0.1) is 6.61 Å². The van der Waals surface area contributed by atoms with E-state index in [9.17, 15) is 9.59 Å². The Kier molecular flexibility index (Phi) is 4.34. The van der Waals surface area contributed by atoms with Crippen molar-refractivity contribution in [3.05, 3.63) is 35.9 Å². The highest BCUT2D eigenvalue weighted by atomic mass is 16.5. The second kappa shape index (κ2) is 5.80. The maximum Gasteiger partial charge on any atom is 0.396 e. The molecule has 1 rings (SSSR count). The lowest BCUT2D eigenvalue weighted by Gasteiger charge is -2.04. The van der Waals surface area contributed by atoms with Crippen LogP contribution in [0.25, 0.3) is 0 Å². The molecule has 1 aromatic rings. The minimum atomic E-state index is -0.839. The summed E-state index contributed by atoms with van der Waals surface area (Å²) in [5.74, 6) is -1.55. The highest BCUT2D eigenvalue weighted by Crippen LogP contribution is 1.96. The normalized spacial score (nSPS) is 9.40. The van der Waals surface area contributed by atoms with Crippen LogP contribution in [0.5, 0.6) is 0 Å². The first-order valence-corrected chi connectivity index (χ1v) is 4.73. The summed E-state index contributed by atoms with van der Waals surface area (Å²) in [6.07, 6.45) is 0. The molecule has 1 amide bonds. The predicted octanol–water partition coefficient (Wildman–Crippen LogP) is 0.866. The Morgan fingerprint density at radius 2 is 1.93 bits per heavy atom. The molecule has 80 valence electrons. The van der Waals surface area contributed by atoms with E-state index in [1.807, 2.05) is 30.3 Å². The highest BCUT2D eigenvalue weighted by Gasteiger charge is 2.13. The molecular weight excluding hydrogens is 194 g/mol. The van der Waals surface area contributed by atoms with Crippen molar-refractivity contribution in [3.8, 4) is 0 Å². The number of rotatable bonds is 3. The smallest absolute Gasteiger partial charge is 0.396 e. The molecule has 0 saturated heterocycles.